The number of fused-ring (bicyclic) bond motifs is 1. The molecule has 1 aliphatic rings. The molecule has 0 saturated carbocycles. The van der Waals surface area contributed by atoms with E-state index in [9.17, 15) is 4.79 Å². The number of carbonyl (C=O) groups is 1. The molecule has 2 unspecified atom stereocenters. The second-order valence-corrected chi connectivity index (χ2v) is 7.18. The van der Waals surface area contributed by atoms with Crippen LogP contribution in [0.3, 0.4) is 0 Å². The minimum absolute atomic E-state index is 0.335. The molecule has 2 aromatic carbocycles. The third kappa shape index (κ3) is 3.91. The number of methoxy groups -OCH3 is 1. The van der Waals surface area contributed by atoms with Crippen molar-refractivity contribution in [2.75, 3.05) is 7.11 Å². The van der Waals surface area contributed by atoms with Crippen LogP contribution in [-0.4, -0.2) is 22.9 Å². The maximum Gasteiger partial charge on any atom is 0.337 e. The summed E-state index contributed by atoms with van der Waals surface area (Å²) in [4.78, 5) is 11.7. The van der Waals surface area contributed by atoms with Gasteiger partial charge in [0.05, 0.1) is 18.2 Å². The van der Waals surface area contributed by atoms with E-state index in [-0.39, 0.29) is 5.97 Å². The Morgan fingerprint density at radius 2 is 2.07 bits per heavy atom. The summed E-state index contributed by atoms with van der Waals surface area (Å²) in [6.45, 7) is 0.829. The van der Waals surface area contributed by atoms with Crippen molar-refractivity contribution in [3.63, 3.8) is 0 Å². The van der Waals surface area contributed by atoms with Gasteiger partial charge in [0.15, 0.2) is 0 Å². The molecule has 0 amide bonds. The SMILES string of the molecule is COC(=O)c1ccc2cn(CCC(c3ccccc3)C3C=CC=CC3)nc2c1. The number of ether oxygens (including phenoxy) is 1. The zero-order valence-electron chi connectivity index (χ0n) is 16.0. The predicted molar refractivity (Wildman–Crippen MR) is 111 cm³/mol. The highest BCUT2D eigenvalue weighted by Crippen LogP contribution is 2.33. The number of hydrogen-bond donors (Lipinski definition) is 0. The lowest BCUT2D eigenvalue weighted by atomic mass is 9.80. The fourth-order valence-electron chi connectivity index (χ4n) is 3.92. The topological polar surface area (TPSA) is 44.1 Å². The first-order valence-electron chi connectivity index (χ1n) is 9.68. The van der Waals surface area contributed by atoms with Crippen LogP contribution in [0.1, 0.15) is 34.7 Å². The van der Waals surface area contributed by atoms with Crippen molar-refractivity contribution in [3.05, 3.63) is 90.2 Å². The molecular weight excluding hydrogens is 348 g/mol. The van der Waals surface area contributed by atoms with E-state index in [0.717, 1.165) is 30.3 Å². The van der Waals surface area contributed by atoms with Gasteiger partial charge in [-0.3, -0.25) is 4.68 Å². The smallest absolute Gasteiger partial charge is 0.337 e. The van der Waals surface area contributed by atoms with Crippen LogP contribution in [0.15, 0.2) is 79.0 Å². The highest BCUT2D eigenvalue weighted by molar-refractivity contribution is 5.94. The van der Waals surface area contributed by atoms with E-state index in [1.165, 1.54) is 12.7 Å². The highest BCUT2D eigenvalue weighted by atomic mass is 16.5. The molecule has 4 rings (SSSR count). The molecule has 0 saturated heterocycles. The minimum atomic E-state index is -0.335. The van der Waals surface area contributed by atoms with E-state index in [1.807, 2.05) is 10.7 Å². The summed E-state index contributed by atoms with van der Waals surface area (Å²) in [5.41, 5.74) is 2.72. The van der Waals surface area contributed by atoms with Crippen LogP contribution in [-0.2, 0) is 11.3 Å². The molecule has 142 valence electrons. The van der Waals surface area contributed by atoms with Gasteiger partial charge in [-0.1, -0.05) is 60.7 Å². The first-order valence-corrected chi connectivity index (χ1v) is 9.68. The van der Waals surface area contributed by atoms with Gasteiger partial charge in [0.25, 0.3) is 0 Å². The molecule has 1 aromatic heterocycles. The average Bonchev–Trinajstić information content (AvgIpc) is 3.17. The number of hydrogen-bond acceptors (Lipinski definition) is 3. The lowest BCUT2D eigenvalue weighted by Gasteiger charge is -2.25. The lowest BCUT2D eigenvalue weighted by molar-refractivity contribution is 0.0601. The van der Waals surface area contributed by atoms with Crippen LogP contribution in [0, 0.1) is 5.92 Å². The number of carbonyl (C=O) groups excluding carboxylic acids is 1. The zero-order valence-corrected chi connectivity index (χ0v) is 16.0. The second kappa shape index (κ2) is 8.26. The number of aryl methyl sites for hydroxylation is 1. The molecule has 2 atom stereocenters. The Balaban J connectivity index is 1.54. The van der Waals surface area contributed by atoms with Gasteiger partial charge < -0.3 is 4.74 Å². The first kappa shape index (κ1) is 18.2. The summed E-state index contributed by atoms with van der Waals surface area (Å²) in [6.07, 6.45) is 13.0. The fraction of sp³-hybridized carbons (Fsp3) is 0.250. The van der Waals surface area contributed by atoms with Crippen LogP contribution in [0.5, 0.6) is 0 Å². The molecule has 0 aliphatic heterocycles. The van der Waals surface area contributed by atoms with Gasteiger partial charge in [-0.25, -0.2) is 4.79 Å². The maximum atomic E-state index is 11.7. The number of allylic oxidation sites excluding steroid dienone is 4. The van der Waals surface area contributed by atoms with Crippen molar-refractivity contribution in [3.8, 4) is 0 Å². The largest absolute Gasteiger partial charge is 0.465 e. The fourth-order valence-corrected chi connectivity index (χ4v) is 3.92. The van der Waals surface area contributed by atoms with E-state index in [1.54, 1.807) is 12.1 Å². The number of aromatic nitrogens is 2. The molecule has 4 heteroatoms. The quantitative estimate of drug-likeness (QED) is 0.564. The number of rotatable bonds is 6. The molecule has 0 fully saturated rings. The van der Waals surface area contributed by atoms with Crippen LogP contribution in [0.2, 0.25) is 0 Å². The maximum absolute atomic E-state index is 11.7. The van der Waals surface area contributed by atoms with E-state index >= 15 is 0 Å². The van der Waals surface area contributed by atoms with Crippen LogP contribution < -0.4 is 0 Å². The first-order chi connectivity index (χ1) is 13.7. The number of esters is 1. The second-order valence-electron chi connectivity index (χ2n) is 7.18. The Morgan fingerprint density at radius 3 is 2.82 bits per heavy atom. The molecule has 1 aliphatic carbocycles. The van der Waals surface area contributed by atoms with E-state index < -0.39 is 0 Å². The minimum Gasteiger partial charge on any atom is -0.465 e. The number of benzene rings is 2. The molecule has 28 heavy (non-hydrogen) atoms. The average molecular weight is 372 g/mol. The molecule has 0 radical (unpaired) electrons. The summed E-state index contributed by atoms with van der Waals surface area (Å²) < 4.78 is 6.79. The molecular formula is C24H24N2O2. The van der Waals surface area contributed by atoms with Gasteiger partial charge in [-0.05, 0) is 42.4 Å². The van der Waals surface area contributed by atoms with Crippen molar-refractivity contribution in [2.24, 2.45) is 5.92 Å². The van der Waals surface area contributed by atoms with Crippen molar-refractivity contribution in [1.82, 2.24) is 9.78 Å². The van der Waals surface area contributed by atoms with Crippen LogP contribution in [0.4, 0.5) is 0 Å². The standard InChI is InChI=1S/C24H24N2O2/c1-28-24(27)20-12-13-21-17-26(25-23(21)16-20)15-14-22(18-8-4-2-5-9-18)19-10-6-3-7-11-19/h2-10,12-13,16-17,19,22H,11,14-15H2,1H3. The van der Waals surface area contributed by atoms with Gasteiger partial charge in [-0.15, -0.1) is 0 Å². The summed E-state index contributed by atoms with van der Waals surface area (Å²) in [5.74, 6) is 0.612. The normalized spacial score (nSPS) is 17.0. The van der Waals surface area contributed by atoms with Crippen LogP contribution >= 0.6 is 0 Å². The van der Waals surface area contributed by atoms with Crippen molar-refractivity contribution in [1.29, 1.82) is 0 Å². The van der Waals surface area contributed by atoms with Gasteiger partial charge >= 0.3 is 5.97 Å². The van der Waals surface area contributed by atoms with Gasteiger partial charge in [0.2, 0.25) is 0 Å². The summed E-state index contributed by atoms with van der Waals surface area (Å²) in [5, 5.41) is 5.71. The summed E-state index contributed by atoms with van der Waals surface area (Å²) in [6, 6.07) is 16.2. The van der Waals surface area contributed by atoms with Gasteiger partial charge in [0, 0.05) is 18.1 Å². The Labute approximate surface area is 165 Å². The van der Waals surface area contributed by atoms with E-state index in [4.69, 9.17) is 4.74 Å². The molecule has 0 N–H and O–H groups in total. The van der Waals surface area contributed by atoms with Crippen molar-refractivity contribution >= 4 is 16.9 Å². The molecule has 3 aromatic rings. The molecule has 4 nitrogen and oxygen atoms in total. The van der Waals surface area contributed by atoms with Crippen LogP contribution in [0.25, 0.3) is 10.9 Å². The third-order valence-electron chi connectivity index (χ3n) is 5.40. The highest BCUT2D eigenvalue weighted by Gasteiger charge is 2.21. The Morgan fingerprint density at radius 1 is 1.21 bits per heavy atom. The summed E-state index contributed by atoms with van der Waals surface area (Å²) in [7, 11) is 1.39. The Bertz CT molecular complexity index is 1020. The zero-order chi connectivity index (χ0) is 19.3. The van der Waals surface area contributed by atoms with E-state index in [0.29, 0.717) is 17.4 Å². The van der Waals surface area contributed by atoms with Crippen molar-refractivity contribution in [2.45, 2.75) is 25.3 Å². The Hall–Kier alpha value is -3.14. The van der Waals surface area contributed by atoms with Gasteiger partial charge in [0.1, 0.15) is 0 Å². The number of nitrogens with zero attached hydrogens (tertiary/aromatic N) is 2. The summed E-state index contributed by atoms with van der Waals surface area (Å²) >= 11 is 0. The molecule has 0 spiro atoms. The predicted octanol–water partition coefficient (Wildman–Crippen LogP) is 5.13. The van der Waals surface area contributed by atoms with Crippen molar-refractivity contribution < 1.29 is 9.53 Å². The van der Waals surface area contributed by atoms with Gasteiger partial charge in [-0.2, -0.15) is 5.10 Å². The van der Waals surface area contributed by atoms with E-state index in [2.05, 4.69) is 65.9 Å². The third-order valence-corrected chi connectivity index (χ3v) is 5.40. The lowest BCUT2D eigenvalue weighted by Crippen LogP contribution is -2.15. The molecule has 1 heterocycles. The monoisotopic (exact) mass is 372 g/mol. The molecule has 0 bridgehead atoms. The Kier molecular flexibility index (Phi) is 5.38.